The number of carbonyl (C=O) groups is 1. The second kappa shape index (κ2) is 12.3. The average Bonchev–Trinajstić information content (AvgIpc) is 2.74. The van der Waals surface area contributed by atoms with Gasteiger partial charge in [0.2, 0.25) is 10.0 Å². The molecule has 2 aromatic rings. The monoisotopic (exact) mass is 484 g/mol. The number of rotatable bonds is 11. The van der Waals surface area contributed by atoms with Gasteiger partial charge in [-0.1, -0.05) is 13.0 Å². The maximum atomic E-state index is 12.6. The summed E-state index contributed by atoms with van der Waals surface area (Å²) in [6, 6.07) is 11.4. The molecule has 0 aliphatic carbocycles. The Kier molecular flexibility index (Phi) is 10.4. The Balaban J connectivity index is 0.00000512. The van der Waals surface area contributed by atoms with Crippen LogP contribution in [0.4, 0.5) is 5.69 Å². The molecule has 0 bridgehead atoms. The zero-order chi connectivity index (χ0) is 23.0. The fourth-order valence-electron chi connectivity index (χ4n) is 2.86. The molecule has 2 aromatic carbocycles. The Morgan fingerprint density at radius 1 is 1.19 bits per heavy atom. The number of nitrogen functional groups attached to an aromatic ring is 1. The second-order valence-corrected chi connectivity index (χ2v) is 8.67. The van der Waals surface area contributed by atoms with Gasteiger partial charge in [-0.2, -0.15) is 0 Å². The van der Waals surface area contributed by atoms with Gasteiger partial charge in [0.05, 0.1) is 13.4 Å². The number of methoxy groups -OCH3 is 1. The lowest BCUT2D eigenvalue weighted by Gasteiger charge is -2.22. The van der Waals surface area contributed by atoms with Crippen LogP contribution in [0.25, 0.3) is 0 Å². The van der Waals surface area contributed by atoms with Crippen molar-refractivity contribution >= 4 is 39.9 Å². The summed E-state index contributed by atoms with van der Waals surface area (Å²) in [6.45, 7) is 2.18. The Bertz CT molecular complexity index is 1030. The van der Waals surface area contributed by atoms with Crippen molar-refractivity contribution in [3.05, 3.63) is 59.2 Å². The van der Waals surface area contributed by atoms with Gasteiger partial charge in [0.1, 0.15) is 18.2 Å². The number of hydrogen-bond donors (Lipinski definition) is 4. The van der Waals surface area contributed by atoms with Crippen LogP contribution in [-0.4, -0.2) is 46.7 Å². The van der Waals surface area contributed by atoms with Crippen LogP contribution in [0, 0.1) is 5.41 Å². The Labute approximate surface area is 194 Å². The van der Waals surface area contributed by atoms with E-state index >= 15 is 0 Å². The summed E-state index contributed by atoms with van der Waals surface area (Å²) in [5.41, 5.74) is 8.26. The van der Waals surface area contributed by atoms with Crippen molar-refractivity contribution in [2.24, 2.45) is 5.73 Å². The molecule has 0 aliphatic rings. The lowest BCUT2D eigenvalue weighted by molar-refractivity contribution is -0.141. The predicted molar refractivity (Wildman–Crippen MR) is 127 cm³/mol. The zero-order valence-corrected chi connectivity index (χ0v) is 19.8. The summed E-state index contributed by atoms with van der Waals surface area (Å²) >= 11 is 0. The Morgan fingerprint density at radius 2 is 1.84 bits per heavy atom. The third-order valence-corrected chi connectivity index (χ3v) is 5.19. The normalized spacial score (nSPS) is 11.7. The summed E-state index contributed by atoms with van der Waals surface area (Å²) in [6.07, 6.45) is 1.83. The van der Waals surface area contributed by atoms with Crippen LogP contribution in [0.1, 0.15) is 29.7 Å². The number of esters is 1. The molecule has 9 nitrogen and oxygen atoms in total. The van der Waals surface area contributed by atoms with Crippen molar-refractivity contribution in [3.8, 4) is 5.75 Å². The van der Waals surface area contributed by atoms with Crippen molar-refractivity contribution in [3.63, 3.8) is 0 Å². The largest absolute Gasteiger partial charge is 0.492 e. The van der Waals surface area contributed by atoms with Crippen LogP contribution in [0.5, 0.6) is 5.75 Å². The minimum absolute atomic E-state index is 0. The van der Waals surface area contributed by atoms with Crippen molar-refractivity contribution in [2.45, 2.75) is 19.4 Å². The molecule has 1 atom stereocenters. The number of amidine groups is 1. The summed E-state index contributed by atoms with van der Waals surface area (Å²) in [5, 5.41) is 10.6. The Morgan fingerprint density at radius 3 is 2.38 bits per heavy atom. The molecule has 0 radical (unpaired) electrons. The first-order valence-corrected chi connectivity index (χ1v) is 11.5. The number of sulfonamides is 1. The quantitative estimate of drug-likeness (QED) is 0.166. The fourth-order valence-corrected chi connectivity index (χ4v) is 3.31. The topological polar surface area (TPSA) is 144 Å². The van der Waals surface area contributed by atoms with Crippen LogP contribution in [0.2, 0.25) is 0 Å². The van der Waals surface area contributed by atoms with Crippen molar-refractivity contribution in [2.75, 3.05) is 31.8 Å². The second-order valence-electron chi connectivity index (χ2n) is 6.83. The number of nitrogens with one attached hydrogen (secondary N) is 3. The first-order valence-electron chi connectivity index (χ1n) is 9.63. The fraction of sp³-hybridized carbons (Fsp3) is 0.333. The molecule has 2 rings (SSSR count). The van der Waals surface area contributed by atoms with Gasteiger partial charge in [-0.25, -0.2) is 17.9 Å². The number of ether oxygens (including phenoxy) is 2. The molecule has 0 aromatic heterocycles. The van der Waals surface area contributed by atoms with Crippen LogP contribution in [-0.2, 0) is 26.0 Å². The summed E-state index contributed by atoms with van der Waals surface area (Å²) in [5.74, 6) is -0.121. The molecule has 0 spiro atoms. The van der Waals surface area contributed by atoms with Gasteiger partial charge in [-0.05, 0) is 48.4 Å². The molecule has 32 heavy (non-hydrogen) atoms. The van der Waals surface area contributed by atoms with Crippen molar-refractivity contribution < 1.29 is 22.7 Å². The molecule has 1 unspecified atom stereocenters. The maximum absolute atomic E-state index is 12.6. The molecule has 0 aliphatic heterocycles. The van der Waals surface area contributed by atoms with E-state index in [-0.39, 0.29) is 31.4 Å². The highest BCUT2D eigenvalue weighted by atomic mass is 35.5. The van der Waals surface area contributed by atoms with E-state index in [1.807, 2.05) is 19.1 Å². The number of aryl methyl sites for hydroxylation is 1. The van der Waals surface area contributed by atoms with Crippen LogP contribution >= 0.6 is 12.4 Å². The molecule has 176 valence electrons. The van der Waals surface area contributed by atoms with Gasteiger partial charge in [-0.15, -0.1) is 12.4 Å². The SMILES string of the molecule is CCc1ccc(OCCNS(C)(=O)=O)c(C(Nc2ccc(C(=N)N)cc2)C(=O)OC)c1.Cl. The minimum atomic E-state index is -3.32. The number of anilines is 1. The summed E-state index contributed by atoms with van der Waals surface area (Å²) < 4.78 is 35.6. The van der Waals surface area contributed by atoms with Gasteiger partial charge in [-0.3, -0.25) is 5.41 Å². The van der Waals surface area contributed by atoms with Crippen molar-refractivity contribution in [1.29, 1.82) is 5.41 Å². The minimum Gasteiger partial charge on any atom is -0.492 e. The van der Waals surface area contributed by atoms with Gasteiger partial charge in [0.25, 0.3) is 0 Å². The molecule has 11 heteroatoms. The molecule has 0 saturated carbocycles. The Hall–Kier alpha value is -2.82. The lowest BCUT2D eigenvalue weighted by Crippen LogP contribution is -2.27. The van der Waals surface area contributed by atoms with Crippen LogP contribution in [0.3, 0.4) is 0 Å². The van der Waals surface area contributed by atoms with E-state index in [0.717, 1.165) is 18.2 Å². The molecule has 0 fully saturated rings. The number of hydrogen-bond acceptors (Lipinski definition) is 7. The van der Waals surface area contributed by atoms with Gasteiger partial charge < -0.3 is 20.5 Å². The van der Waals surface area contributed by atoms with E-state index in [9.17, 15) is 13.2 Å². The number of carbonyl (C=O) groups excluding carboxylic acids is 1. The third-order valence-electron chi connectivity index (χ3n) is 4.46. The molecular weight excluding hydrogens is 456 g/mol. The highest BCUT2D eigenvalue weighted by Gasteiger charge is 2.25. The van der Waals surface area contributed by atoms with E-state index in [4.69, 9.17) is 20.6 Å². The average molecular weight is 485 g/mol. The van der Waals surface area contributed by atoms with E-state index in [0.29, 0.717) is 22.6 Å². The standard InChI is InChI=1S/C21H28N4O5S.ClH/c1-4-14-5-10-18(30-12-11-24-31(3,27)28)17(13-14)19(21(26)29-2)25-16-8-6-15(7-9-16)20(22)23;/h5-10,13,19,24-25H,4,11-12H2,1-3H3,(H3,22,23);1H. The van der Waals surface area contributed by atoms with Crippen LogP contribution in [0.15, 0.2) is 42.5 Å². The third kappa shape index (κ3) is 8.03. The molecule has 0 heterocycles. The molecular formula is C21H29ClN4O5S. The van der Waals surface area contributed by atoms with E-state index in [1.165, 1.54) is 7.11 Å². The van der Waals surface area contributed by atoms with E-state index in [1.54, 1.807) is 30.3 Å². The smallest absolute Gasteiger partial charge is 0.333 e. The number of benzene rings is 2. The van der Waals surface area contributed by atoms with Crippen LogP contribution < -0.4 is 20.5 Å². The lowest BCUT2D eigenvalue weighted by atomic mass is 10.0. The summed E-state index contributed by atoms with van der Waals surface area (Å²) in [4.78, 5) is 12.6. The number of nitrogens with two attached hydrogens (primary N) is 1. The molecule has 0 saturated heterocycles. The van der Waals surface area contributed by atoms with E-state index in [2.05, 4.69) is 10.0 Å². The van der Waals surface area contributed by atoms with Crippen molar-refractivity contribution in [1.82, 2.24) is 4.72 Å². The maximum Gasteiger partial charge on any atom is 0.333 e. The first-order chi connectivity index (χ1) is 14.6. The van der Waals surface area contributed by atoms with Gasteiger partial charge >= 0.3 is 5.97 Å². The first kappa shape index (κ1) is 27.2. The van der Waals surface area contributed by atoms with E-state index < -0.39 is 22.0 Å². The highest BCUT2D eigenvalue weighted by Crippen LogP contribution is 2.31. The number of halogens is 1. The zero-order valence-electron chi connectivity index (χ0n) is 18.2. The predicted octanol–water partition coefficient (Wildman–Crippen LogP) is 2.21. The van der Waals surface area contributed by atoms with Gasteiger partial charge in [0, 0.05) is 23.4 Å². The highest BCUT2D eigenvalue weighted by molar-refractivity contribution is 7.88. The molecule has 0 amide bonds. The molecule has 5 N–H and O–H groups in total. The van der Waals surface area contributed by atoms with Gasteiger partial charge in [0.15, 0.2) is 6.04 Å². The summed E-state index contributed by atoms with van der Waals surface area (Å²) in [7, 11) is -2.02.